The molecule has 0 aromatic heterocycles. The Morgan fingerprint density at radius 3 is 2.40 bits per heavy atom. The van der Waals surface area contributed by atoms with Gasteiger partial charge in [0.1, 0.15) is 11.5 Å². The van der Waals surface area contributed by atoms with Crippen LogP contribution in [0.25, 0.3) is 0 Å². The highest BCUT2D eigenvalue weighted by molar-refractivity contribution is 14.1. The molecule has 75 valence electrons. The molecule has 2 heteroatoms. The summed E-state index contributed by atoms with van der Waals surface area (Å²) in [6.07, 6.45) is 0. The van der Waals surface area contributed by atoms with Gasteiger partial charge in [0.2, 0.25) is 0 Å². The van der Waals surface area contributed by atoms with Crippen LogP contribution in [0.5, 0.6) is 11.5 Å². The summed E-state index contributed by atoms with van der Waals surface area (Å²) in [6, 6.07) is 16.9. The van der Waals surface area contributed by atoms with Crippen LogP contribution in [-0.2, 0) is 0 Å². The van der Waals surface area contributed by atoms with Gasteiger partial charge in [0.05, 0.1) is 0 Å². The second kappa shape index (κ2) is 4.66. The molecule has 1 radical (unpaired) electrons. The van der Waals surface area contributed by atoms with Crippen molar-refractivity contribution in [2.24, 2.45) is 0 Å². The average molecular weight is 309 g/mol. The Morgan fingerprint density at radius 1 is 1.07 bits per heavy atom. The van der Waals surface area contributed by atoms with Gasteiger partial charge < -0.3 is 4.74 Å². The molecule has 0 aliphatic rings. The van der Waals surface area contributed by atoms with E-state index in [-0.39, 0.29) is 0 Å². The third kappa shape index (κ3) is 2.96. The largest absolute Gasteiger partial charge is 0.457 e. The second-order valence-electron chi connectivity index (χ2n) is 3.29. The van der Waals surface area contributed by atoms with Gasteiger partial charge in [-0.3, -0.25) is 0 Å². The van der Waals surface area contributed by atoms with E-state index >= 15 is 0 Å². The Bertz CT molecular complexity index is 388. The summed E-state index contributed by atoms with van der Waals surface area (Å²) in [6.45, 7) is 2.06. The average Bonchev–Trinajstić information content (AvgIpc) is 2.25. The van der Waals surface area contributed by atoms with E-state index in [1.165, 1.54) is 5.56 Å². The first-order chi connectivity index (χ1) is 7.24. The molecule has 0 saturated carbocycles. The lowest BCUT2D eigenvalue weighted by molar-refractivity contribution is 0.481. The molecule has 0 amide bonds. The fraction of sp³-hybridized carbons (Fsp3) is 0.0769. The summed E-state index contributed by atoms with van der Waals surface area (Å²) in [7, 11) is 0. The van der Waals surface area contributed by atoms with Crippen LogP contribution in [0.4, 0.5) is 0 Å². The monoisotopic (exact) mass is 309 g/mol. The molecule has 0 heterocycles. The van der Waals surface area contributed by atoms with Crippen molar-refractivity contribution in [1.82, 2.24) is 0 Å². The van der Waals surface area contributed by atoms with Crippen LogP contribution in [0.3, 0.4) is 0 Å². The summed E-state index contributed by atoms with van der Waals surface area (Å²) < 4.78 is 6.79. The minimum atomic E-state index is 0.749. The molecule has 0 unspecified atom stereocenters. The first-order valence-corrected chi connectivity index (χ1v) is 5.74. The molecule has 0 saturated heterocycles. The van der Waals surface area contributed by atoms with Crippen molar-refractivity contribution in [1.29, 1.82) is 0 Å². The van der Waals surface area contributed by atoms with Crippen molar-refractivity contribution in [3.8, 4) is 11.5 Å². The standard InChI is InChI=1S/C13H10IO/c1-10-2-6-12(7-3-10)15-13-8-4-11(14)5-9-13/h2-8H,1H3. The minimum Gasteiger partial charge on any atom is -0.457 e. The number of hydrogen-bond acceptors (Lipinski definition) is 1. The van der Waals surface area contributed by atoms with E-state index in [9.17, 15) is 0 Å². The Labute approximate surface area is 103 Å². The molecule has 0 atom stereocenters. The van der Waals surface area contributed by atoms with Gasteiger partial charge in [0, 0.05) is 9.64 Å². The summed E-state index contributed by atoms with van der Waals surface area (Å²) in [5.41, 5.74) is 1.23. The Morgan fingerprint density at radius 2 is 1.80 bits per heavy atom. The predicted molar refractivity (Wildman–Crippen MR) is 69.2 cm³/mol. The number of hydrogen-bond donors (Lipinski definition) is 0. The number of benzene rings is 2. The van der Waals surface area contributed by atoms with Gasteiger partial charge in [-0.15, -0.1) is 0 Å². The van der Waals surface area contributed by atoms with Crippen LogP contribution in [0, 0.1) is 16.6 Å². The van der Waals surface area contributed by atoms with Crippen molar-refractivity contribution in [3.63, 3.8) is 0 Å². The lowest BCUT2D eigenvalue weighted by Crippen LogP contribution is -1.84. The van der Waals surface area contributed by atoms with Gasteiger partial charge in [-0.05, 0) is 59.8 Å². The van der Waals surface area contributed by atoms with Crippen LogP contribution in [0.1, 0.15) is 5.56 Å². The molecule has 0 aliphatic heterocycles. The van der Waals surface area contributed by atoms with Gasteiger partial charge in [-0.2, -0.15) is 0 Å². The third-order valence-corrected chi connectivity index (χ3v) is 2.67. The summed E-state index contributed by atoms with van der Waals surface area (Å²) in [5.74, 6) is 1.59. The van der Waals surface area contributed by atoms with Crippen molar-refractivity contribution < 1.29 is 4.74 Å². The Hall–Kier alpha value is -1.03. The molecule has 0 spiro atoms. The van der Waals surface area contributed by atoms with E-state index in [4.69, 9.17) is 4.74 Å². The molecule has 0 N–H and O–H groups in total. The molecule has 1 nitrogen and oxygen atoms in total. The Kier molecular flexibility index (Phi) is 3.26. The van der Waals surface area contributed by atoms with E-state index < -0.39 is 0 Å². The molecule has 2 rings (SSSR count). The van der Waals surface area contributed by atoms with Crippen LogP contribution >= 0.6 is 22.6 Å². The number of halogens is 1. The summed E-state index contributed by atoms with van der Waals surface area (Å²) in [4.78, 5) is 0. The molecule has 2 aromatic rings. The van der Waals surface area contributed by atoms with Crippen LogP contribution < -0.4 is 4.74 Å². The molecule has 0 bridgehead atoms. The maximum Gasteiger partial charge on any atom is 0.135 e. The van der Waals surface area contributed by atoms with E-state index in [1.807, 2.05) is 42.5 Å². The SMILES string of the molecule is Cc1ccc(Oc2[c]cc(I)cc2)cc1. The van der Waals surface area contributed by atoms with Gasteiger partial charge >= 0.3 is 0 Å². The van der Waals surface area contributed by atoms with Crippen molar-refractivity contribution in [2.45, 2.75) is 6.92 Å². The predicted octanol–water partition coefficient (Wildman–Crippen LogP) is 4.19. The quantitative estimate of drug-likeness (QED) is 0.756. The summed E-state index contributed by atoms with van der Waals surface area (Å²) in [5, 5.41) is 0. The van der Waals surface area contributed by atoms with Crippen molar-refractivity contribution in [2.75, 3.05) is 0 Å². The van der Waals surface area contributed by atoms with Crippen LogP contribution in [0.15, 0.2) is 42.5 Å². The zero-order valence-electron chi connectivity index (χ0n) is 8.33. The second-order valence-corrected chi connectivity index (χ2v) is 4.53. The molecular formula is C13H10IO. The highest BCUT2D eigenvalue weighted by Gasteiger charge is 1.96. The molecular weight excluding hydrogens is 299 g/mol. The fourth-order valence-corrected chi connectivity index (χ4v) is 1.52. The molecule has 2 aromatic carbocycles. The smallest absolute Gasteiger partial charge is 0.135 e. The highest BCUT2D eigenvalue weighted by atomic mass is 127. The van der Waals surface area contributed by atoms with Crippen LogP contribution in [0.2, 0.25) is 0 Å². The number of aryl methyl sites for hydroxylation is 1. The Balaban J connectivity index is 2.15. The number of ether oxygens (including phenoxy) is 1. The lowest BCUT2D eigenvalue weighted by atomic mass is 10.2. The summed E-state index contributed by atoms with van der Waals surface area (Å²) >= 11 is 2.25. The maximum absolute atomic E-state index is 5.63. The molecule has 0 fully saturated rings. The lowest BCUT2D eigenvalue weighted by Gasteiger charge is -2.05. The minimum absolute atomic E-state index is 0.749. The van der Waals surface area contributed by atoms with E-state index in [0.717, 1.165) is 15.1 Å². The van der Waals surface area contributed by atoms with Crippen molar-refractivity contribution >= 4 is 22.6 Å². The first kappa shape index (κ1) is 10.5. The maximum atomic E-state index is 5.63. The fourth-order valence-electron chi connectivity index (χ4n) is 1.19. The van der Waals surface area contributed by atoms with Crippen LogP contribution in [-0.4, -0.2) is 0 Å². The first-order valence-electron chi connectivity index (χ1n) is 4.66. The van der Waals surface area contributed by atoms with Gasteiger partial charge in [0.25, 0.3) is 0 Å². The topological polar surface area (TPSA) is 9.23 Å². The van der Waals surface area contributed by atoms with Gasteiger partial charge in [-0.25, -0.2) is 0 Å². The van der Waals surface area contributed by atoms with Gasteiger partial charge in [-0.1, -0.05) is 17.7 Å². The molecule has 0 aliphatic carbocycles. The third-order valence-electron chi connectivity index (χ3n) is 2.00. The van der Waals surface area contributed by atoms with Crippen molar-refractivity contribution in [3.05, 3.63) is 57.7 Å². The molecule has 15 heavy (non-hydrogen) atoms. The van der Waals surface area contributed by atoms with E-state index in [1.54, 1.807) is 0 Å². The highest BCUT2D eigenvalue weighted by Crippen LogP contribution is 2.21. The zero-order chi connectivity index (χ0) is 10.7. The number of rotatable bonds is 2. The van der Waals surface area contributed by atoms with E-state index in [0.29, 0.717) is 0 Å². The van der Waals surface area contributed by atoms with Gasteiger partial charge in [0.15, 0.2) is 0 Å². The van der Waals surface area contributed by atoms with E-state index in [2.05, 4.69) is 35.6 Å². The normalized spacial score (nSPS) is 10.0. The zero-order valence-corrected chi connectivity index (χ0v) is 10.5.